The van der Waals surface area contributed by atoms with Crippen molar-refractivity contribution in [2.24, 2.45) is 0 Å². The van der Waals surface area contributed by atoms with Gasteiger partial charge in [0.1, 0.15) is 17.5 Å². The molecule has 0 bridgehead atoms. The monoisotopic (exact) mass is 418 g/mol. The first-order chi connectivity index (χ1) is 14.1. The Morgan fingerprint density at radius 3 is 2.52 bits per heavy atom. The van der Waals surface area contributed by atoms with Crippen LogP contribution >= 0.6 is 11.8 Å². The van der Waals surface area contributed by atoms with Gasteiger partial charge in [-0.15, -0.1) is 5.10 Å². The Balaban J connectivity index is 1.38. The van der Waals surface area contributed by atoms with Crippen molar-refractivity contribution in [3.63, 3.8) is 0 Å². The lowest BCUT2D eigenvalue weighted by Crippen LogP contribution is -2.33. The van der Waals surface area contributed by atoms with Gasteiger partial charge < -0.3 is 20.0 Å². The zero-order valence-corrected chi connectivity index (χ0v) is 15.9. The number of nitrogens with one attached hydrogen (secondary N) is 2. The van der Waals surface area contributed by atoms with Crippen molar-refractivity contribution in [3.8, 4) is 0 Å². The highest BCUT2D eigenvalue weighted by Crippen LogP contribution is 2.20. The third kappa shape index (κ3) is 4.80. The molecule has 2 N–H and O–H groups in total. The van der Waals surface area contributed by atoms with Gasteiger partial charge in [0.25, 0.3) is 0 Å². The van der Waals surface area contributed by atoms with Crippen molar-refractivity contribution in [1.82, 2.24) is 15.2 Å². The molecule has 1 fully saturated rings. The topological polar surface area (TPSA) is 96.2 Å². The maximum absolute atomic E-state index is 13.2. The first-order valence-electron chi connectivity index (χ1n) is 8.73. The predicted octanol–water partition coefficient (Wildman–Crippen LogP) is 3.29. The largest absolute Gasteiger partial charge is 0.399 e. The number of hydrogen-bond donors (Lipinski definition) is 2. The third-order valence-electron chi connectivity index (χ3n) is 4.07. The quantitative estimate of drug-likeness (QED) is 0.652. The molecule has 1 saturated heterocycles. The number of carbonyl (C=O) groups is 1. The molecule has 0 spiro atoms. The molecule has 11 heteroatoms. The summed E-state index contributed by atoms with van der Waals surface area (Å²) < 4.78 is 31.7. The standard InChI is InChI=1S/C18H16F2N6O2S/c19-11-7-12(20)9-14(8-11)23-18-25-24-17(28-18)16(27)22-13-1-2-15(21-10-13)26-3-5-29-6-4-26/h1-2,7-10H,3-6H2,(H,22,27)(H,23,25). The van der Waals surface area contributed by atoms with Crippen LogP contribution in [0.1, 0.15) is 10.7 Å². The van der Waals surface area contributed by atoms with E-state index in [0.717, 1.165) is 48.6 Å². The molecule has 3 aromatic rings. The summed E-state index contributed by atoms with van der Waals surface area (Å²) in [6, 6.07) is 6.26. The van der Waals surface area contributed by atoms with Gasteiger partial charge >= 0.3 is 17.8 Å². The van der Waals surface area contributed by atoms with E-state index in [1.165, 1.54) is 0 Å². The molecule has 2 aromatic heterocycles. The van der Waals surface area contributed by atoms with E-state index in [1.54, 1.807) is 12.3 Å². The van der Waals surface area contributed by atoms with Crippen molar-refractivity contribution in [3.05, 3.63) is 54.1 Å². The number of pyridine rings is 1. The molecule has 4 rings (SSSR count). The van der Waals surface area contributed by atoms with E-state index in [1.807, 2.05) is 17.8 Å². The zero-order valence-electron chi connectivity index (χ0n) is 15.1. The molecule has 8 nitrogen and oxygen atoms in total. The number of anilines is 4. The molecule has 1 aliphatic heterocycles. The lowest BCUT2D eigenvalue weighted by Gasteiger charge is -2.27. The van der Waals surface area contributed by atoms with Crippen LogP contribution in [0.25, 0.3) is 0 Å². The smallest absolute Gasteiger partial charge is 0.320 e. The molecule has 1 aliphatic rings. The minimum Gasteiger partial charge on any atom is -0.399 e. The Bertz CT molecular complexity index is 988. The number of carbonyl (C=O) groups excluding carboxylic acids is 1. The number of hydrogen-bond acceptors (Lipinski definition) is 8. The molecule has 3 heterocycles. The predicted molar refractivity (Wildman–Crippen MR) is 106 cm³/mol. The first kappa shape index (κ1) is 19.1. The van der Waals surface area contributed by atoms with E-state index < -0.39 is 17.5 Å². The maximum atomic E-state index is 13.2. The zero-order chi connectivity index (χ0) is 20.2. The Labute approximate surface area is 168 Å². The summed E-state index contributed by atoms with van der Waals surface area (Å²) in [5.41, 5.74) is 0.555. The first-order valence-corrected chi connectivity index (χ1v) is 9.89. The average Bonchev–Trinajstić information content (AvgIpc) is 3.17. The number of amides is 1. The van der Waals surface area contributed by atoms with E-state index in [4.69, 9.17) is 4.42 Å². The summed E-state index contributed by atoms with van der Waals surface area (Å²) in [4.78, 5) is 18.8. The van der Waals surface area contributed by atoms with Crippen molar-refractivity contribution in [2.75, 3.05) is 40.1 Å². The fraction of sp³-hybridized carbons (Fsp3) is 0.222. The summed E-state index contributed by atoms with van der Waals surface area (Å²) in [6.45, 7) is 1.88. The average molecular weight is 418 g/mol. The van der Waals surface area contributed by atoms with Gasteiger partial charge in [-0.25, -0.2) is 13.8 Å². The van der Waals surface area contributed by atoms with Gasteiger partial charge in [0, 0.05) is 36.3 Å². The number of benzene rings is 1. The Morgan fingerprint density at radius 2 is 1.83 bits per heavy atom. The fourth-order valence-electron chi connectivity index (χ4n) is 2.74. The molecule has 0 radical (unpaired) electrons. The molecule has 0 aliphatic carbocycles. The van der Waals surface area contributed by atoms with Crippen molar-refractivity contribution in [1.29, 1.82) is 0 Å². The van der Waals surface area contributed by atoms with Crippen LogP contribution in [0.2, 0.25) is 0 Å². The van der Waals surface area contributed by atoms with Gasteiger partial charge in [-0.2, -0.15) is 11.8 Å². The second-order valence-electron chi connectivity index (χ2n) is 6.15. The highest BCUT2D eigenvalue weighted by molar-refractivity contribution is 7.99. The molecule has 0 saturated carbocycles. The number of nitrogens with zero attached hydrogens (tertiary/aromatic N) is 4. The van der Waals surface area contributed by atoms with Crippen LogP contribution in [-0.2, 0) is 0 Å². The number of rotatable bonds is 5. The van der Waals surface area contributed by atoms with Gasteiger partial charge in [0.05, 0.1) is 11.9 Å². The number of halogens is 2. The van der Waals surface area contributed by atoms with E-state index in [2.05, 4.69) is 30.7 Å². The van der Waals surface area contributed by atoms with Gasteiger partial charge in [-0.1, -0.05) is 5.10 Å². The fourth-order valence-corrected chi connectivity index (χ4v) is 3.64. The molecular formula is C18H16F2N6O2S. The van der Waals surface area contributed by atoms with Gasteiger partial charge in [0.15, 0.2) is 0 Å². The summed E-state index contributed by atoms with van der Waals surface area (Å²) in [6.07, 6.45) is 1.56. The second-order valence-corrected chi connectivity index (χ2v) is 7.38. The van der Waals surface area contributed by atoms with Gasteiger partial charge in [-0.05, 0) is 24.3 Å². The van der Waals surface area contributed by atoms with Crippen LogP contribution in [0.4, 0.5) is 32.0 Å². The summed E-state index contributed by atoms with van der Waals surface area (Å²) in [5.74, 6) is 0.538. The minimum absolute atomic E-state index is 0.0778. The number of thioether (sulfide) groups is 1. The molecule has 0 atom stereocenters. The molecule has 1 amide bonds. The van der Waals surface area contributed by atoms with Crippen LogP contribution in [0, 0.1) is 11.6 Å². The normalized spacial score (nSPS) is 13.9. The third-order valence-corrected chi connectivity index (χ3v) is 5.02. The van der Waals surface area contributed by atoms with E-state index in [-0.39, 0.29) is 17.6 Å². The van der Waals surface area contributed by atoms with Gasteiger partial charge in [-0.3, -0.25) is 4.79 Å². The molecule has 29 heavy (non-hydrogen) atoms. The van der Waals surface area contributed by atoms with Crippen LogP contribution in [0.3, 0.4) is 0 Å². The highest BCUT2D eigenvalue weighted by Gasteiger charge is 2.17. The van der Waals surface area contributed by atoms with Crippen LogP contribution in [0.5, 0.6) is 0 Å². The summed E-state index contributed by atoms with van der Waals surface area (Å²) in [7, 11) is 0. The van der Waals surface area contributed by atoms with Crippen LogP contribution in [0.15, 0.2) is 40.9 Å². The maximum Gasteiger partial charge on any atom is 0.320 e. The Morgan fingerprint density at radius 1 is 1.07 bits per heavy atom. The lowest BCUT2D eigenvalue weighted by molar-refractivity contribution is 0.0991. The van der Waals surface area contributed by atoms with E-state index in [9.17, 15) is 13.6 Å². The Hall–Kier alpha value is -3.21. The van der Waals surface area contributed by atoms with Crippen molar-refractivity contribution in [2.45, 2.75) is 0 Å². The summed E-state index contributed by atoms with van der Waals surface area (Å²) in [5, 5.41) is 12.4. The number of aromatic nitrogens is 3. The molecule has 150 valence electrons. The lowest BCUT2D eigenvalue weighted by atomic mass is 10.3. The molecule has 1 aromatic carbocycles. The van der Waals surface area contributed by atoms with Crippen molar-refractivity contribution < 1.29 is 18.0 Å². The van der Waals surface area contributed by atoms with E-state index >= 15 is 0 Å². The second kappa shape index (κ2) is 8.43. The van der Waals surface area contributed by atoms with Crippen LogP contribution < -0.4 is 15.5 Å². The molecular weight excluding hydrogens is 402 g/mol. The van der Waals surface area contributed by atoms with Crippen molar-refractivity contribution >= 4 is 40.9 Å². The van der Waals surface area contributed by atoms with Gasteiger partial charge in [0.2, 0.25) is 0 Å². The summed E-state index contributed by atoms with van der Waals surface area (Å²) >= 11 is 1.91. The highest BCUT2D eigenvalue weighted by atomic mass is 32.2. The molecule has 0 unspecified atom stereocenters. The van der Waals surface area contributed by atoms with Crippen LogP contribution in [-0.4, -0.2) is 45.7 Å². The Kier molecular flexibility index (Phi) is 5.56. The minimum atomic E-state index is -0.760. The SMILES string of the molecule is O=C(Nc1ccc(N2CCSCC2)nc1)c1nnc(Nc2cc(F)cc(F)c2)o1. The van der Waals surface area contributed by atoms with E-state index in [0.29, 0.717) is 5.69 Å².